The summed E-state index contributed by atoms with van der Waals surface area (Å²) in [5, 5.41) is 16.2. The highest BCUT2D eigenvalue weighted by Crippen LogP contribution is 2.33. The number of methoxy groups -OCH3 is 2. The number of phenols is 1. The van der Waals surface area contributed by atoms with E-state index in [4.69, 9.17) is 9.47 Å². The van der Waals surface area contributed by atoms with Crippen molar-refractivity contribution in [2.45, 2.75) is 0 Å². The summed E-state index contributed by atoms with van der Waals surface area (Å²) in [6, 6.07) is 12.5. The third-order valence-corrected chi connectivity index (χ3v) is 4.77. The first kappa shape index (κ1) is 19.4. The summed E-state index contributed by atoms with van der Waals surface area (Å²) in [4.78, 5) is 5.25. The topological polar surface area (TPSA) is 68.3 Å². The lowest BCUT2D eigenvalue weighted by Crippen LogP contribution is -2.12. The maximum absolute atomic E-state index is 9.67. The number of thiazole rings is 1. The third kappa shape index (κ3) is 4.32. The normalized spacial score (nSPS) is 11.7. The first-order valence-corrected chi connectivity index (χ1v) is 9.42. The van der Waals surface area contributed by atoms with E-state index >= 15 is 0 Å². The monoisotopic (exact) mass is 395 g/mol. The Bertz CT molecular complexity index is 1070. The minimum Gasteiger partial charge on any atom is -0.508 e. The Morgan fingerprint density at radius 3 is 2.75 bits per heavy atom. The van der Waals surface area contributed by atoms with Crippen LogP contribution in [-0.4, -0.2) is 36.8 Å². The summed E-state index contributed by atoms with van der Waals surface area (Å²) >= 11 is 1.48. The number of aromatic hydroxyl groups is 1. The summed E-state index contributed by atoms with van der Waals surface area (Å²) < 4.78 is 12.6. The van der Waals surface area contributed by atoms with Crippen molar-refractivity contribution in [2.75, 3.05) is 20.8 Å². The van der Waals surface area contributed by atoms with Gasteiger partial charge in [0.1, 0.15) is 17.2 Å². The molecule has 0 aliphatic carbocycles. The Kier molecular flexibility index (Phi) is 6.29. The molecular formula is C21H21N3O3S. The minimum absolute atomic E-state index is 0.188. The van der Waals surface area contributed by atoms with Crippen LogP contribution in [0, 0.1) is 0 Å². The lowest BCUT2D eigenvalue weighted by atomic mass is 10.1. The second-order valence-corrected chi connectivity index (χ2v) is 6.59. The van der Waals surface area contributed by atoms with E-state index in [1.165, 1.54) is 11.3 Å². The van der Waals surface area contributed by atoms with Crippen molar-refractivity contribution in [3.05, 3.63) is 70.9 Å². The lowest BCUT2D eigenvalue weighted by molar-refractivity contribution is 0.395. The van der Waals surface area contributed by atoms with E-state index in [1.807, 2.05) is 29.6 Å². The summed E-state index contributed by atoms with van der Waals surface area (Å²) in [7, 11) is 3.24. The zero-order valence-electron chi connectivity index (χ0n) is 15.7. The van der Waals surface area contributed by atoms with Crippen LogP contribution in [0.4, 0.5) is 0 Å². The molecule has 0 radical (unpaired) electrons. The average Bonchev–Trinajstić information content (AvgIpc) is 3.12. The van der Waals surface area contributed by atoms with Crippen LogP contribution in [0.5, 0.6) is 17.2 Å². The molecule has 0 fully saturated rings. The van der Waals surface area contributed by atoms with Gasteiger partial charge in [-0.05, 0) is 29.8 Å². The number of hydrogen-bond donors (Lipinski definition) is 1. The number of ether oxygens (including phenoxy) is 2. The van der Waals surface area contributed by atoms with Crippen LogP contribution in [-0.2, 0) is 0 Å². The zero-order chi connectivity index (χ0) is 19.9. The van der Waals surface area contributed by atoms with Gasteiger partial charge in [-0.25, -0.2) is 4.68 Å². The van der Waals surface area contributed by atoms with Gasteiger partial charge in [-0.2, -0.15) is 5.10 Å². The number of hydrogen-bond acceptors (Lipinski definition) is 6. The number of benzene rings is 2. The quantitative estimate of drug-likeness (QED) is 0.487. The van der Waals surface area contributed by atoms with Crippen LogP contribution in [0.1, 0.15) is 5.56 Å². The first-order chi connectivity index (χ1) is 13.7. The molecule has 3 rings (SSSR count). The van der Waals surface area contributed by atoms with Gasteiger partial charge in [0, 0.05) is 17.0 Å². The van der Waals surface area contributed by atoms with Gasteiger partial charge in [0.05, 0.1) is 32.7 Å². The van der Waals surface area contributed by atoms with E-state index < -0.39 is 0 Å². The highest BCUT2D eigenvalue weighted by Gasteiger charge is 2.13. The molecule has 0 saturated carbocycles. The van der Waals surface area contributed by atoms with Gasteiger partial charge in [0.25, 0.3) is 0 Å². The average molecular weight is 395 g/mol. The highest BCUT2D eigenvalue weighted by atomic mass is 32.1. The molecule has 28 heavy (non-hydrogen) atoms. The largest absolute Gasteiger partial charge is 0.508 e. The SMILES string of the molecule is C=CCN=c1scc(-c2ccc(OC)cc2OC)n1N=Cc1cccc(O)c1. The van der Waals surface area contributed by atoms with E-state index in [-0.39, 0.29) is 5.75 Å². The summed E-state index contributed by atoms with van der Waals surface area (Å²) in [5.41, 5.74) is 2.48. The van der Waals surface area contributed by atoms with Gasteiger partial charge in [-0.15, -0.1) is 17.9 Å². The summed E-state index contributed by atoms with van der Waals surface area (Å²) in [5.74, 6) is 1.57. The smallest absolute Gasteiger partial charge is 0.206 e. The fourth-order valence-corrected chi connectivity index (χ4v) is 3.43. The van der Waals surface area contributed by atoms with E-state index in [9.17, 15) is 5.11 Å². The van der Waals surface area contributed by atoms with Gasteiger partial charge in [0.2, 0.25) is 4.80 Å². The van der Waals surface area contributed by atoms with E-state index in [2.05, 4.69) is 16.7 Å². The maximum Gasteiger partial charge on any atom is 0.206 e. The van der Waals surface area contributed by atoms with Crippen LogP contribution in [0.25, 0.3) is 11.3 Å². The number of nitrogens with zero attached hydrogens (tertiary/aromatic N) is 3. The molecule has 1 heterocycles. The predicted octanol–water partition coefficient (Wildman–Crippen LogP) is 3.91. The summed E-state index contributed by atoms with van der Waals surface area (Å²) in [6.45, 7) is 4.21. The van der Waals surface area contributed by atoms with Gasteiger partial charge in [-0.3, -0.25) is 4.99 Å². The second kappa shape index (κ2) is 9.05. The number of rotatable bonds is 7. The first-order valence-electron chi connectivity index (χ1n) is 8.54. The van der Waals surface area contributed by atoms with Crippen LogP contribution in [0.2, 0.25) is 0 Å². The van der Waals surface area contributed by atoms with Gasteiger partial charge in [0.15, 0.2) is 0 Å². The van der Waals surface area contributed by atoms with Crippen molar-refractivity contribution in [1.29, 1.82) is 0 Å². The molecule has 0 bridgehead atoms. The Morgan fingerprint density at radius 2 is 2.04 bits per heavy atom. The Balaban J connectivity index is 2.12. The number of phenolic OH excluding ortho intramolecular Hbond substituents is 1. The van der Waals surface area contributed by atoms with Crippen molar-refractivity contribution < 1.29 is 14.6 Å². The molecule has 0 spiro atoms. The van der Waals surface area contributed by atoms with Crippen molar-refractivity contribution >= 4 is 17.6 Å². The van der Waals surface area contributed by atoms with E-state index in [0.29, 0.717) is 18.0 Å². The van der Waals surface area contributed by atoms with Crippen molar-refractivity contribution in [2.24, 2.45) is 10.1 Å². The molecule has 2 aromatic carbocycles. The Hall–Kier alpha value is -3.32. The molecule has 0 aliphatic heterocycles. The third-order valence-electron chi connectivity index (χ3n) is 3.92. The molecule has 1 N–H and O–H groups in total. The molecule has 0 unspecified atom stereocenters. The van der Waals surface area contributed by atoms with Gasteiger partial charge < -0.3 is 14.6 Å². The van der Waals surface area contributed by atoms with Crippen LogP contribution >= 0.6 is 11.3 Å². The van der Waals surface area contributed by atoms with Crippen molar-refractivity contribution in [3.63, 3.8) is 0 Å². The molecule has 6 nitrogen and oxygen atoms in total. The minimum atomic E-state index is 0.188. The highest BCUT2D eigenvalue weighted by molar-refractivity contribution is 7.07. The molecule has 1 aromatic heterocycles. The Morgan fingerprint density at radius 1 is 1.18 bits per heavy atom. The fourth-order valence-electron chi connectivity index (χ4n) is 2.59. The molecule has 0 saturated heterocycles. The molecular weight excluding hydrogens is 374 g/mol. The summed E-state index contributed by atoms with van der Waals surface area (Å²) in [6.07, 6.45) is 3.41. The molecule has 0 aliphatic rings. The molecule has 144 valence electrons. The van der Waals surface area contributed by atoms with Gasteiger partial charge >= 0.3 is 0 Å². The fraction of sp³-hybridized carbons (Fsp3) is 0.143. The predicted molar refractivity (Wildman–Crippen MR) is 113 cm³/mol. The Labute approximate surface area is 167 Å². The number of aromatic nitrogens is 1. The van der Waals surface area contributed by atoms with Crippen LogP contribution < -0.4 is 14.3 Å². The second-order valence-electron chi connectivity index (χ2n) is 5.75. The van der Waals surface area contributed by atoms with Crippen LogP contribution in [0.15, 0.2) is 70.6 Å². The van der Waals surface area contributed by atoms with E-state index in [1.54, 1.807) is 49.4 Å². The van der Waals surface area contributed by atoms with Crippen molar-refractivity contribution in [1.82, 2.24) is 4.68 Å². The molecule has 3 aromatic rings. The van der Waals surface area contributed by atoms with E-state index in [0.717, 1.165) is 21.6 Å². The molecule has 7 heteroatoms. The zero-order valence-corrected chi connectivity index (χ0v) is 16.5. The molecule has 0 atom stereocenters. The van der Waals surface area contributed by atoms with Gasteiger partial charge in [-0.1, -0.05) is 18.2 Å². The maximum atomic E-state index is 9.67. The van der Waals surface area contributed by atoms with Crippen molar-refractivity contribution in [3.8, 4) is 28.5 Å². The van der Waals surface area contributed by atoms with Crippen LogP contribution in [0.3, 0.4) is 0 Å². The lowest BCUT2D eigenvalue weighted by Gasteiger charge is -2.10. The standard InChI is InChI=1S/C21H21N3O3S/c1-4-10-22-21-24(23-13-15-6-5-7-16(25)11-15)19(14-28-21)18-9-8-17(26-2)12-20(18)27-3/h4-9,11-14,25H,1,10H2,2-3H3. The molecule has 0 amide bonds.